The normalized spacial score (nSPS) is 11.1. The molecule has 0 unspecified atom stereocenters. The fourth-order valence-corrected chi connectivity index (χ4v) is 3.57. The van der Waals surface area contributed by atoms with Gasteiger partial charge in [0.1, 0.15) is 11.8 Å². The number of benzene rings is 2. The average Bonchev–Trinajstić information content (AvgIpc) is 3.00. The topological polar surface area (TPSA) is 41.2 Å². The van der Waals surface area contributed by atoms with Crippen molar-refractivity contribution >= 4 is 22.9 Å². The van der Waals surface area contributed by atoms with Gasteiger partial charge in [0.2, 0.25) is 0 Å². The van der Waals surface area contributed by atoms with E-state index in [2.05, 4.69) is 59.4 Å². The lowest BCUT2D eigenvalue weighted by Crippen LogP contribution is -2.07. The first-order valence-corrected chi connectivity index (χ1v) is 9.76. The molecule has 3 rings (SSSR count). The molecule has 0 saturated carbocycles. The average molecular weight is 366 g/mol. The molecule has 0 atom stereocenters. The number of nitrogens with zero attached hydrogens (tertiary/aromatic N) is 3. The van der Waals surface area contributed by atoms with Crippen molar-refractivity contribution in [3.8, 4) is 23.1 Å². The Morgan fingerprint density at radius 3 is 2.50 bits per heavy atom. The van der Waals surface area contributed by atoms with E-state index in [-0.39, 0.29) is 0 Å². The molecule has 0 N–H and O–H groups in total. The molecule has 0 fully saturated rings. The maximum absolute atomic E-state index is 9.81. The van der Waals surface area contributed by atoms with Gasteiger partial charge < -0.3 is 9.30 Å². The third-order valence-corrected chi connectivity index (χ3v) is 5.40. The van der Waals surface area contributed by atoms with Crippen LogP contribution in [0.3, 0.4) is 0 Å². The molecule has 0 amide bonds. The van der Waals surface area contributed by atoms with E-state index in [0.29, 0.717) is 0 Å². The lowest BCUT2D eigenvalue weighted by Gasteiger charge is -2.13. The lowest BCUT2D eigenvalue weighted by molar-refractivity contribution is 0.415. The van der Waals surface area contributed by atoms with E-state index >= 15 is 0 Å². The van der Waals surface area contributed by atoms with E-state index in [4.69, 9.17) is 4.74 Å². The summed E-state index contributed by atoms with van der Waals surface area (Å²) in [6, 6.07) is 16.8. The Balaban J connectivity index is 2.13. The Labute approximate surface area is 159 Å². The quantitative estimate of drug-likeness (QED) is 0.582. The molecule has 5 heteroatoms. The molecule has 0 aliphatic carbocycles. The van der Waals surface area contributed by atoms with Crippen LogP contribution in [0, 0.1) is 11.3 Å². The van der Waals surface area contributed by atoms with E-state index < -0.39 is 0 Å². The molecule has 0 radical (unpaired) electrons. The first kappa shape index (κ1) is 18.4. The van der Waals surface area contributed by atoms with Crippen LogP contribution in [0.5, 0.6) is 5.75 Å². The second-order valence-corrected chi connectivity index (χ2v) is 7.12. The van der Waals surface area contributed by atoms with Crippen molar-refractivity contribution in [1.82, 2.24) is 8.87 Å². The van der Waals surface area contributed by atoms with Gasteiger partial charge in [-0.2, -0.15) is 5.26 Å². The number of ether oxygens (including phenoxy) is 1. The summed E-state index contributed by atoms with van der Waals surface area (Å²) in [5.41, 5.74) is 5.05. The summed E-state index contributed by atoms with van der Waals surface area (Å²) in [4.78, 5) is 0. The maximum Gasteiger partial charge on any atom is 0.120 e. The minimum absolute atomic E-state index is 0.721. The lowest BCUT2D eigenvalue weighted by atomic mass is 10.0. The molecule has 2 aromatic carbocycles. The van der Waals surface area contributed by atoms with Gasteiger partial charge in [-0.1, -0.05) is 36.2 Å². The summed E-state index contributed by atoms with van der Waals surface area (Å²) in [7, 11) is 3.74. The molecule has 0 spiro atoms. The van der Waals surface area contributed by atoms with E-state index in [9.17, 15) is 5.26 Å². The molecule has 0 saturated heterocycles. The number of methoxy groups -OCH3 is 1. The van der Waals surface area contributed by atoms with Crippen molar-refractivity contribution in [2.45, 2.75) is 20.0 Å². The number of aryl methyl sites for hydroxylation is 1. The van der Waals surface area contributed by atoms with Crippen LogP contribution in [0.2, 0.25) is 0 Å². The van der Waals surface area contributed by atoms with Gasteiger partial charge in [0.15, 0.2) is 0 Å². The molecule has 0 aliphatic rings. The van der Waals surface area contributed by atoms with Crippen molar-refractivity contribution in [1.29, 1.82) is 5.26 Å². The summed E-state index contributed by atoms with van der Waals surface area (Å²) in [6.07, 6.45) is 2.07. The number of rotatable bonds is 6. The number of nitriles is 1. The van der Waals surface area contributed by atoms with Crippen LogP contribution in [-0.4, -0.2) is 29.3 Å². The Bertz CT molecular complexity index is 954. The van der Waals surface area contributed by atoms with Gasteiger partial charge in [0.25, 0.3) is 0 Å². The highest BCUT2D eigenvalue weighted by atomic mass is 32.2. The van der Waals surface area contributed by atoms with E-state index in [1.165, 1.54) is 5.56 Å². The Kier molecular flexibility index (Phi) is 5.55. The highest BCUT2D eigenvalue weighted by Gasteiger charge is 2.18. The van der Waals surface area contributed by atoms with Crippen LogP contribution in [0.15, 0.2) is 42.5 Å². The highest BCUT2D eigenvalue weighted by molar-refractivity contribution is 7.96. The molecule has 3 aromatic rings. The van der Waals surface area contributed by atoms with Crippen LogP contribution in [-0.2, 0) is 13.1 Å². The number of fused-ring (bicyclic) bond motifs is 1. The first-order valence-electron chi connectivity index (χ1n) is 8.57. The van der Waals surface area contributed by atoms with Crippen LogP contribution in [0.4, 0.5) is 0 Å². The van der Waals surface area contributed by atoms with Crippen LogP contribution >= 0.6 is 11.9 Å². The van der Waals surface area contributed by atoms with E-state index in [1.807, 2.05) is 18.2 Å². The zero-order valence-corrected chi connectivity index (χ0v) is 16.4. The van der Waals surface area contributed by atoms with Crippen molar-refractivity contribution in [2.75, 3.05) is 20.4 Å². The summed E-state index contributed by atoms with van der Waals surface area (Å²) in [6.45, 7) is 3.78. The standard InChI is InChI=1S/C21H23N3OS/c1-5-24-20-12-17(25-3)10-11-18(20)19(13-22)21(24)16-8-6-15(7-9-16)14-23(2)26-4/h6-12H,5,14H2,1-4H3. The van der Waals surface area contributed by atoms with Gasteiger partial charge in [0, 0.05) is 24.5 Å². The van der Waals surface area contributed by atoms with E-state index in [0.717, 1.165) is 46.6 Å². The number of hydrogen-bond donors (Lipinski definition) is 0. The smallest absolute Gasteiger partial charge is 0.120 e. The Morgan fingerprint density at radius 1 is 1.19 bits per heavy atom. The second kappa shape index (κ2) is 7.86. The summed E-state index contributed by atoms with van der Waals surface area (Å²) < 4.78 is 9.75. The number of aromatic nitrogens is 1. The SMILES string of the molecule is CCn1c(-c2ccc(CN(C)SC)cc2)c(C#N)c2ccc(OC)cc21. The Hall–Kier alpha value is -2.42. The largest absolute Gasteiger partial charge is 0.497 e. The molecular weight excluding hydrogens is 342 g/mol. The van der Waals surface area contributed by atoms with Gasteiger partial charge in [-0.15, -0.1) is 0 Å². The van der Waals surface area contributed by atoms with E-state index in [1.54, 1.807) is 19.1 Å². The van der Waals surface area contributed by atoms with Crippen LogP contribution < -0.4 is 4.74 Å². The van der Waals surface area contributed by atoms with Crippen molar-refractivity contribution in [2.24, 2.45) is 0 Å². The molecule has 0 bridgehead atoms. The minimum atomic E-state index is 0.721. The fourth-order valence-electron chi connectivity index (χ4n) is 3.29. The molecule has 4 nitrogen and oxygen atoms in total. The number of hydrogen-bond acceptors (Lipinski definition) is 4. The monoisotopic (exact) mass is 365 g/mol. The summed E-state index contributed by atoms with van der Waals surface area (Å²) >= 11 is 1.71. The highest BCUT2D eigenvalue weighted by Crippen LogP contribution is 2.35. The summed E-state index contributed by atoms with van der Waals surface area (Å²) in [5, 5.41) is 10.8. The fraction of sp³-hybridized carbons (Fsp3) is 0.286. The molecule has 134 valence electrons. The van der Waals surface area contributed by atoms with Crippen molar-refractivity contribution in [3.63, 3.8) is 0 Å². The Morgan fingerprint density at radius 2 is 1.92 bits per heavy atom. The van der Waals surface area contributed by atoms with Crippen LogP contribution in [0.1, 0.15) is 18.1 Å². The molecular formula is C21H23N3OS. The molecule has 1 aromatic heterocycles. The summed E-state index contributed by atoms with van der Waals surface area (Å²) in [5.74, 6) is 0.802. The zero-order valence-electron chi connectivity index (χ0n) is 15.6. The van der Waals surface area contributed by atoms with Crippen molar-refractivity contribution in [3.05, 3.63) is 53.6 Å². The van der Waals surface area contributed by atoms with Gasteiger partial charge in [-0.3, -0.25) is 0 Å². The van der Waals surface area contributed by atoms with Gasteiger partial charge in [-0.25, -0.2) is 4.31 Å². The van der Waals surface area contributed by atoms with Gasteiger partial charge in [0.05, 0.1) is 23.9 Å². The maximum atomic E-state index is 9.81. The predicted molar refractivity (Wildman–Crippen MR) is 109 cm³/mol. The van der Waals surface area contributed by atoms with Crippen molar-refractivity contribution < 1.29 is 4.74 Å². The van der Waals surface area contributed by atoms with Gasteiger partial charge in [-0.05, 0) is 43.5 Å². The predicted octanol–water partition coefficient (Wildman–Crippen LogP) is 4.92. The first-order chi connectivity index (χ1) is 12.6. The van der Waals surface area contributed by atoms with Crippen LogP contribution in [0.25, 0.3) is 22.2 Å². The second-order valence-electron chi connectivity index (χ2n) is 6.13. The molecule has 0 aliphatic heterocycles. The molecule has 26 heavy (non-hydrogen) atoms. The third kappa shape index (κ3) is 3.31. The third-order valence-electron chi connectivity index (χ3n) is 4.64. The zero-order chi connectivity index (χ0) is 18.7. The minimum Gasteiger partial charge on any atom is -0.497 e. The van der Waals surface area contributed by atoms with Gasteiger partial charge >= 0.3 is 0 Å². The molecule has 1 heterocycles.